The summed E-state index contributed by atoms with van der Waals surface area (Å²) in [5, 5.41) is 6.97. The van der Waals surface area contributed by atoms with Gasteiger partial charge in [-0.15, -0.1) is 0 Å². The Morgan fingerprint density at radius 2 is 1.78 bits per heavy atom. The lowest BCUT2D eigenvalue weighted by Gasteiger charge is -2.31. The molecule has 3 aromatic rings. The highest BCUT2D eigenvalue weighted by Gasteiger charge is 2.37. The monoisotopic (exact) mass is 507 g/mol. The van der Waals surface area contributed by atoms with Gasteiger partial charge < -0.3 is 9.84 Å². The minimum Gasteiger partial charge on any atom is -0.355 e. The maximum Gasteiger partial charge on any atom is 0.248 e. The zero-order chi connectivity index (χ0) is 26.0. The van der Waals surface area contributed by atoms with Crippen LogP contribution in [0.5, 0.6) is 0 Å². The summed E-state index contributed by atoms with van der Waals surface area (Å²) < 4.78 is 34.2. The number of aromatic nitrogens is 1. The molecule has 0 aliphatic carbocycles. The number of nitrogens with zero attached hydrogens (tertiary/aromatic N) is 2. The molecule has 1 N–H and O–H groups in total. The van der Waals surface area contributed by atoms with E-state index in [2.05, 4.69) is 10.5 Å². The summed E-state index contributed by atoms with van der Waals surface area (Å²) in [6.45, 7) is 9.99. The van der Waals surface area contributed by atoms with Gasteiger partial charge >= 0.3 is 0 Å². The van der Waals surface area contributed by atoms with Gasteiger partial charge in [-0.2, -0.15) is 4.31 Å². The van der Waals surface area contributed by atoms with Gasteiger partial charge in [0.25, 0.3) is 0 Å². The first-order chi connectivity index (χ1) is 17.1. The fourth-order valence-corrected chi connectivity index (χ4v) is 6.42. The van der Waals surface area contributed by atoms with Crippen LogP contribution >= 0.6 is 0 Å². The van der Waals surface area contributed by atoms with E-state index in [0.717, 1.165) is 33.5 Å². The Labute approximate surface area is 213 Å². The zero-order valence-electron chi connectivity index (χ0n) is 21.5. The first kappa shape index (κ1) is 25.9. The third-order valence-electron chi connectivity index (χ3n) is 6.76. The van der Waals surface area contributed by atoms with Crippen molar-refractivity contribution in [2.75, 3.05) is 18.4 Å². The van der Waals surface area contributed by atoms with Gasteiger partial charge in [-0.3, -0.25) is 4.79 Å². The van der Waals surface area contributed by atoms with Crippen LogP contribution in [0.15, 0.2) is 45.8 Å². The van der Waals surface area contributed by atoms with E-state index in [1.165, 1.54) is 4.31 Å². The van der Waals surface area contributed by atoms with Crippen molar-refractivity contribution in [2.45, 2.75) is 52.4 Å². The second kappa shape index (κ2) is 10.4. The van der Waals surface area contributed by atoms with Crippen molar-refractivity contribution in [3.63, 3.8) is 0 Å². The van der Waals surface area contributed by atoms with Crippen molar-refractivity contribution in [3.8, 4) is 0 Å². The Balaban J connectivity index is 1.57. The number of nitrogens with one attached hydrogen (secondary N) is 1. The molecule has 8 heteroatoms. The number of piperidine rings is 1. The molecule has 1 saturated heterocycles. The average molecular weight is 508 g/mol. The quantitative estimate of drug-likeness (QED) is 0.481. The fourth-order valence-electron chi connectivity index (χ4n) is 4.64. The van der Waals surface area contributed by atoms with E-state index in [9.17, 15) is 13.2 Å². The van der Waals surface area contributed by atoms with Crippen molar-refractivity contribution in [1.29, 1.82) is 0 Å². The Bertz CT molecular complexity index is 1400. The smallest absolute Gasteiger partial charge is 0.248 e. The molecular weight excluding hydrogens is 474 g/mol. The average Bonchev–Trinajstić information content (AvgIpc) is 3.23. The molecule has 190 valence electrons. The van der Waals surface area contributed by atoms with Gasteiger partial charge in [0.15, 0.2) is 10.7 Å². The number of para-hydroxylation sites is 1. The molecule has 1 aromatic heterocycles. The van der Waals surface area contributed by atoms with Gasteiger partial charge in [0.2, 0.25) is 15.9 Å². The lowest BCUT2D eigenvalue weighted by molar-refractivity contribution is -0.120. The molecule has 0 saturated carbocycles. The number of carbonyl (C=O) groups excluding carboxylic acids is 1. The first-order valence-electron chi connectivity index (χ1n) is 12.2. The Kier molecular flexibility index (Phi) is 7.47. The molecule has 1 unspecified atom stereocenters. The van der Waals surface area contributed by atoms with Crippen LogP contribution in [0.25, 0.3) is 12.2 Å². The summed E-state index contributed by atoms with van der Waals surface area (Å²) in [5.74, 6) is -0.415. The lowest BCUT2D eigenvalue weighted by Crippen LogP contribution is -2.44. The van der Waals surface area contributed by atoms with Crippen molar-refractivity contribution in [3.05, 3.63) is 75.7 Å². The van der Waals surface area contributed by atoms with Crippen LogP contribution in [0.3, 0.4) is 0 Å². The molecule has 0 spiro atoms. The molecule has 2 aromatic carbocycles. The number of aryl methyl sites for hydroxylation is 5. The Hall–Kier alpha value is -3.23. The molecule has 0 radical (unpaired) electrons. The Morgan fingerprint density at radius 1 is 1.06 bits per heavy atom. The molecule has 1 aliphatic heterocycles. The predicted molar refractivity (Wildman–Crippen MR) is 142 cm³/mol. The van der Waals surface area contributed by atoms with Crippen LogP contribution in [0.4, 0.5) is 5.69 Å². The molecule has 1 aliphatic rings. The van der Waals surface area contributed by atoms with Crippen LogP contribution in [0.2, 0.25) is 0 Å². The van der Waals surface area contributed by atoms with Crippen molar-refractivity contribution in [2.24, 2.45) is 5.92 Å². The van der Waals surface area contributed by atoms with Gasteiger partial charge in [-0.05, 0) is 75.8 Å². The molecule has 7 nitrogen and oxygen atoms in total. The minimum atomic E-state index is -3.91. The minimum absolute atomic E-state index is 0.0554. The molecule has 1 atom stereocenters. The third kappa shape index (κ3) is 5.29. The van der Waals surface area contributed by atoms with Crippen LogP contribution in [0, 0.1) is 40.5 Å². The van der Waals surface area contributed by atoms with E-state index >= 15 is 0 Å². The highest BCUT2D eigenvalue weighted by Crippen LogP contribution is 2.30. The molecule has 0 bridgehead atoms. The lowest BCUT2D eigenvalue weighted by atomic mass is 9.98. The maximum absolute atomic E-state index is 13.7. The van der Waals surface area contributed by atoms with Gasteiger partial charge in [0.05, 0.1) is 5.92 Å². The second-order valence-corrected chi connectivity index (χ2v) is 11.5. The van der Waals surface area contributed by atoms with Crippen LogP contribution in [-0.2, 0) is 14.8 Å². The molecule has 36 heavy (non-hydrogen) atoms. The van der Waals surface area contributed by atoms with Gasteiger partial charge in [0.1, 0.15) is 5.69 Å². The number of amides is 1. The maximum atomic E-state index is 13.7. The molecule has 4 rings (SSSR count). The summed E-state index contributed by atoms with van der Waals surface area (Å²) in [7, 11) is -3.91. The number of anilines is 1. The summed E-state index contributed by atoms with van der Waals surface area (Å²) in [5.41, 5.74) is 6.21. The number of rotatable bonds is 6. The van der Waals surface area contributed by atoms with Gasteiger partial charge in [-0.1, -0.05) is 53.2 Å². The number of hydrogen-bond donors (Lipinski definition) is 1. The number of benzene rings is 2. The van der Waals surface area contributed by atoms with E-state index in [1.54, 1.807) is 13.0 Å². The second-order valence-electron chi connectivity index (χ2n) is 9.61. The highest BCUT2D eigenvalue weighted by atomic mass is 32.2. The first-order valence-corrected chi connectivity index (χ1v) is 13.6. The zero-order valence-corrected chi connectivity index (χ0v) is 22.3. The van der Waals surface area contributed by atoms with Crippen molar-refractivity contribution in [1.82, 2.24) is 9.46 Å². The van der Waals surface area contributed by atoms with E-state index in [-0.39, 0.29) is 23.1 Å². The van der Waals surface area contributed by atoms with E-state index in [0.29, 0.717) is 25.1 Å². The summed E-state index contributed by atoms with van der Waals surface area (Å²) in [4.78, 5) is 13.2. The van der Waals surface area contributed by atoms with Crippen LogP contribution in [0.1, 0.15) is 52.1 Å². The summed E-state index contributed by atoms with van der Waals surface area (Å²) in [6, 6.07) is 11.9. The highest BCUT2D eigenvalue weighted by molar-refractivity contribution is 7.89. The van der Waals surface area contributed by atoms with Crippen molar-refractivity contribution < 1.29 is 17.7 Å². The number of carbonyl (C=O) groups is 1. The molecule has 1 amide bonds. The normalized spacial score (nSPS) is 17.0. The largest absolute Gasteiger partial charge is 0.355 e. The molecular formula is C28H33N3O4S. The molecule has 1 fully saturated rings. The van der Waals surface area contributed by atoms with Crippen molar-refractivity contribution >= 4 is 33.8 Å². The van der Waals surface area contributed by atoms with E-state index in [1.807, 2.05) is 70.2 Å². The van der Waals surface area contributed by atoms with Gasteiger partial charge in [0, 0.05) is 18.8 Å². The predicted octanol–water partition coefficient (Wildman–Crippen LogP) is 5.43. The standard InChI is InChI=1S/C28H33N3O4S/c1-18-11-12-19(2)23(16-18)13-14-25-27(22(5)30-35-25)36(33,34)31-15-7-10-24(17-31)28(32)29-26-20(3)8-6-9-21(26)4/h6,8-9,11-14,16,24H,7,10,15,17H2,1-5H3,(H,29,32). The number of sulfonamides is 1. The third-order valence-corrected chi connectivity index (χ3v) is 8.79. The van der Waals surface area contributed by atoms with Gasteiger partial charge in [-0.25, -0.2) is 8.42 Å². The summed E-state index contributed by atoms with van der Waals surface area (Å²) in [6.07, 6.45) is 4.73. The summed E-state index contributed by atoms with van der Waals surface area (Å²) >= 11 is 0. The number of hydrogen-bond acceptors (Lipinski definition) is 5. The van der Waals surface area contributed by atoms with E-state index in [4.69, 9.17) is 4.52 Å². The fraction of sp³-hybridized carbons (Fsp3) is 0.357. The SMILES string of the molecule is Cc1ccc(C)c(C=Cc2onc(C)c2S(=O)(=O)N2CCCC(C(=O)Nc3c(C)cccc3C)C2)c1. The molecule has 2 heterocycles. The van der Waals surface area contributed by atoms with Crippen LogP contribution in [-0.4, -0.2) is 36.9 Å². The topological polar surface area (TPSA) is 92.5 Å². The Morgan fingerprint density at radius 3 is 2.50 bits per heavy atom. The van der Waals surface area contributed by atoms with Crippen LogP contribution < -0.4 is 5.32 Å². The van der Waals surface area contributed by atoms with E-state index < -0.39 is 15.9 Å².